The van der Waals surface area contributed by atoms with E-state index in [1.54, 1.807) is 4.90 Å². The van der Waals surface area contributed by atoms with Crippen molar-refractivity contribution >= 4 is 11.8 Å². The van der Waals surface area contributed by atoms with Gasteiger partial charge in [-0.15, -0.1) is 0 Å². The van der Waals surface area contributed by atoms with Crippen LogP contribution in [0.2, 0.25) is 0 Å². The molecular formula is C22H36N4O2. The van der Waals surface area contributed by atoms with Gasteiger partial charge in [0.05, 0.1) is 6.54 Å². The number of aromatic nitrogens is 2. The zero-order valence-electron chi connectivity index (χ0n) is 18.0. The van der Waals surface area contributed by atoms with E-state index in [-0.39, 0.29) is 29.8 Å². The molecule has 1 aliphatic carbocycles. The van der Waals surface area contributed by atoms with Crippen LogP contribution in [0.15, 0.2) is 6.20 Å². The fourth-order valence-corrected chi connectivity index (χ4v) is 4.62. The van der Waals surface area contributed by atoms with E-state index in [9.17, 15) is 9.59 Å². The van der Waals surface area contributed by atoms with Gasteiger partial charge in [-0.1, -0.05) is 19.3 Å². The van der Waals surface area contributed by atoms with E-state index in [4.69, 9.17) is 4.98 Å². The fraction of sp³-hybridized carbons (Fsp3) is 0.773. The van der Waals surface area contributed by atoms with E-state index in [1.807, 2.05) is 33.9 Å². The normalized spacial score (nSPS) is 20.5. The second kappa shape index (κ2) is 8.66. The topological polar surface area (TPSA) is 67.2 Å². The number of carbonyl (C=O) groups excluding carboxylic acids is 2. The van der Waals surface area contributed by atoms with Crippen molar-refractivity contribution in [1.82, 2.24) is 19.8 Å². The molecule has 0 radical (unpaired) electrons. The molecule has 0 saturated heterocycles. The van der Waals surface area contributed by atoms with Gasteiger partial charge in [0.1, 0.15) is 5.82 Å². The zero-order chi connectivity index (χ0) is 20.3. The largest absolute Gasteiger partial charge is 0.350 e. The molecule has 6 nitrogen and oxygen atoms in total. The van der Waals surface area contributed by atoms with E-state index in [2.05, 4.69) is 9.88 Å². The third kappa shape index (κ3) is 4.95. The summed E-state index contributed by atoms with van der Waals surface area (Å²) < 4.78 is 2.36. The second-order valence-corrected chi connectivity index (χ2v) is 9.43. The highest BCUT2D eigenvalue weighted by Gasteiger charge is 2.32. The molecule has 1 aromatic heterocycles. The number of nitrogens with zero attached hydrogens (tertiary/aromatic N) is 3. The molecule has 3 rings (SSSR count). The molecule has 1 saturated carbocycles. The minimum atomic E-state index is -0.285. The first-order valence-electron chi connectivity index (χ1n) is 10.9. The minimum Gasteiger partial charge on any atom is -0.350 e. The van der Waals surface area contributed by atoms with E-state index in [0.717, 1.165) is 19.4 Å². The zero-order valence-corrected chi connectivity index (χ0v) is 18.0. The van der Waals surface area contributed by atoms with Gasteiger partial charge in [-0.25, -0.2) is 4.98 Å². The van der Waals surface area contributed by atoms with Crippen LogP contribution in [-0.2, 0) is 22.6 Å². The number of amides is 2. The maximum Gasteiger partial charge on any atom is 0.240 e. The third-order valence-corrected chi connectivity index (χ3v) is 5.99. The lowest BCUT2D eigenvalue weighted by molar-refractivity contribution is -0.140. The van der Waals surface area contributed by atoms with Crippen LogP contribution < -0.4 is 5.32 Å². The lowest BCUT2D eigenvalue weighted by Crippen LogP contribution is -2.49. The van der Waals surface area contributed by atoms with Gasteiger partial charge in [-0.05, 0) is 47.0 Å². The highest BCUT2D eigenvalue weighted by Crippen LogP contribution is 2.34. The van der Waals surface area contributed by atoms with Gasteiger partial charge < -0.3 is 14.8 Å². The summed E-state index contributed by atoms with van der Waals surface area (Å²) in [6.45, 7) is 9.36. The Bertz CT molecular complexity index is 698. The molecule has 1 atom stereocenters. The summed E-state index contributed by atoms with van der Waals surface area (Å²) in [7, 11) is 0. The third-order valence-electron chi connectivity index (χ3n) is 5.99. The van der Waals surface area contributed by atoms with Crippen LogP contribution in [0.4, 0.5) is 0 Å². The summed E-state index contributed by atoms with van der Waals surface area (Å²) in [4.78, 5) is 31.8. The first kappa shape index (κ1) is 20.9. The molecule has 2 amide bonds. The summed E-state index contributed by atoms with van der Waals surface area (Å²) in [5.41, 5.74) is 0.896. The SMILES string of the molecule is CCN(CC(=O)NC(C)(C)C)C(=O)[C@H]1CCn2c(cnc2C2CCCCC2)C1. The highest BCUT2D eigenvalue weighted by molar-refractivity contribution is 5.86. The average molecular weight is 389 g/mol. The van der Waals surface area contributed by atoms with Crippen molar-refractivity contribution in [1.29, 1.82) is 0 Å². The molecule has 6 heteroatoms. The molecular weight excluding hydrogens is 352 g/mol. The maximum atomic E-state index is 13.1. The van der Waals surface area contributed by atoms with E-state index in [0.29, 0.717) is 12.5 Å². The van der Waals surface area contributed by atoms with Crippen molar-refractivity contribution in [3.8, 4) is 0 Å². The monoisotopic (exact) mass is 388 g/mol. The molecule has 1 fully saturated rings. The highest BCUT2D eigenvalue weighted by atomic mass is 16.2. The second-order valence-electron chi connectivity index (χ2n) is 9.43. The Morgan fingerprint density at radius 3 is 2.57 bits per heavy atom. The van der Waals surface area contributed by atoms with Crippen LogP contribution >= 0.6 is 0 Å². The van der Waals surface area contributed by atoms with E-state index >= 15 is 0 Å². The molecule has 2 aliphatic rings. The molecule has 0 unspecified atom stereocenters. The van der Waals surface area contributed by atoms with Gasteiger partial charge in [-0.3, -0.25) is 9.59 Å². The molecule has 0 aromatic carbocycles. The standard InChI is InChI=1S/C22H36N4O2/c1-5-25(15-19(27)24-22(2,3)4)21(28)17-11-12-26-18(13-17)14-23-20(26)16-9-7-6-8-10-16/h14,16-17H,5-13,15H2,1-4H3,(H,24,27)/t17-/m0/s1. The Kier molecular flexibility index (Phi) is 6.46. The Morgan fingerprint density at radius 2 is 1.93 bits per heavy atom. The lowest BCUT2D eigenvalue weighted by Gasteiger charge is -2.31. The fourth-order valence-electron chi connectivity index (χ4n) is 4.62. The number of nitrogens with one attached hydrogen (secondary N) is 1. The lowest BCUT2D eigenvalue weighted by atomic mass is 9.88. The molecule has 0 bridgehead atoms. The van der Waals surface area contributed by atoms with Crippen molar-refractivity contribution in [3.05, 3.63) is 17.7 Å². The van der Waals surface area contributed by atoms with Crippen molar-refractivity contribution in [3.63, 3.8) is 0 Å². The predicted octanol–water partition coefficient (Wildman–Crippen LogP) is 3.26. The van der Waals surface area contributed by atoms with Gasteiger partial charge in [-0.2, -0.15) is 0 Å². The molecule has 1 N–H and O–H groups in total. The first-order valence-corrected chi connectivity index (χ1v) is 10.9. The number of hydrogen-bond donors (Lipinski definition) is 1. The van der Waals surface area contributed by atoms with Crippen LogP contribution in [0.5, 0.6) is 0 Å². The quantitative estimate of drug-likeness (QED) is 0.842. The molecule has 1 aliphatic heterocycles. The summed E-state index contributed by atoms with van der Waals surface area (Å²) in [6, 6.07) is 0. The predicted molar refractivity (Wildman–Crippen MR) is 110 cm³/mol. The van der Waals surface area contributed by atoms with Crippen molar-refractivity contribution < 1.29 is 9.59 Å². The molecule has 28 heavy (non-hydrogen) atoms. The number of likely N-dealkylation sites (N-methyl/N-ethyl adjacent to an activating group) is 1. The number of carbonyl (C=O) groups is 2. The Balaban J connectivity index is 1.63. The van der Waals surface area contributed by atoms with Crippen LogP contribution in [0, 0.1) is 5.92 Å². The number of fused-ring (bicyclic) bond motifs is 1. The average Bonchev–Trinajstić information content (AvgIpc) is 3.08. The van der Waals surface area contributed by atoms with Crippen molar-refractivity contribution in [2.75, 3.05) is 13.1 Å². The van der Waals surface area contributed by atoms with Gasteiger partial charge >= 0.3 is 0 Å². The van der Waals surface area contributed by atoms with E-state index in [1.165, 1.54) is 43.6 Å². The molecule has 2 heterocycles. The van der Waals surface area contributed by atoms with Crippen LogP contribution in [0.1, 0.15) is 83.7 Å². The van der Waals surface area contributed by atoms with Crippen molar-refractivity contribution in [2.24, 2.45) is 5.92 Å². The minimum absolute atomic E-state index is 0.0502. The van der Waals surface area contributed by atoms with Gasteiger partial charge in [0, 0.05) is 48.8 Å². The summed E-state index contributed by atoms with van der Waals surface area (Å²) in [5.74, 6) is 1.77. The van der Waals surface area contributed by atoms with Crippen LogP contribution in [0.25, 0.3) is 0 Å². The smallest absolute Gasteiger partial charge is 0.240 e. The van der Waals surface area contributed by atoms with Gasteiger partial charge in [0.15, 0.2) is 0 Å². The Labute approximate surface area is 169 Å². The van der Waals surface area contributed by atoms with Crippen molar-refractivity contribution in [2.45, 2.75) is 90.6 Å². The number of rotatable bonds is 5. The summed E-state index contributed by atoms with van der Waals surface area (Å²) >= 11 is 0. The number of imidazole rings is 1. The van der Waals surface area contributed by atoms with Gasteiger partial charge in [0.25, 0.3) is 0 Å². The maximum absolute atomic E-state index is 13.1. The summed E-state index contributed by atoms with van der Waals surface area (Å²) in [6.07, 6.45) is 9.97. The van der Waals surface area contributed by atoms with E-state index < -0.39 is 0 Å². The number of hydrogen-bond acceptors (Lipinski definition) is 3. The Morgan fingerprint density at radius 1 is 1.21 bits per heavy atom. The summed E-state index contributed by atoms with van der Waals surface area (Å²) in [5, 5.41) is 2.95. The first-order chi connectivity index (χ1) is 13.3. The molecule has 156 valence electrons. The van der Waals surface area contributed by atoms with Crippen LogP contribution in [-0.4, -0.2) is 44.9 Å². The van der Waals surface area contributed by atoms with Crippen LogP contribution in [0.3, 0.4) is 0 Å². The molecule has 1 aromatic rings. The van der Waals surface area contributed by atoms with Gasteiger partial charge in [0.2, 0.25) is 11.8 Å². The Hall–Kier alpha value is -1.85. The molecule has 0 spiro atoms.